The van der Waals surface area contributed by atoms with Gasteiger partial charge in [0, 0.05) is 23.7 Å². The van der Waals surface area contributed by atoms with E-state index in [0.717, 1.165) is 16.9 Å². The quantitative estimate of drug-likeness (QED) is 0.865. The van der Waals surface area contributed by atoms with Crippen molar-refractivity contribution in [1.29, 1.82) is 0 Å². The second-order valence-electron chi connectivity index (χ2n) is 3.92. The van der Waals surface area contributed by atoms with Crippen molar-refractivity contribution in [3.63, 3.8) is 0 Å². The van der Waals surface area contributed by atoms with Gasteiger partial charge >= 0.3 is 0 Å². The van der Waals surface area contributed by atoms with Gasteiger partial charge in [-0.1, -0.05) is 11.6 Å². The van der Waals surface area contributed by atoms with Crippen LogP contribution in [-0.4, -0.2) is 15.3 Å². The summed E-state index contributed by atoms with van der Waals surface area (Å²) in [6.07, 6.45) is 0.509. The van der Waals surface area contributed by atoms with Gasteiger partial charge in [-0.2, -0.15) is 12.6 Å². The Bertz CT molecular complexity index is 565. The van der Waals surface area contributed by atoms with Gasteiger partial charge in [0.15, 0.2) is 0 Å². The van der Waals surface area contributed by atoms with E-state index in [1.807, 2.05) is 22.8 Å². The fourth-order valence-electron chi connectivity index (χ4n) is 1.79. The molecule has 0 amide bonds. The Hall–Kier alpha value is -1.00. The zero-order valence-corrected chi connectivity index (χ0v) is 11.1. The molecule has 90 valence electrons. The van der Waals surface area contributed by atoms with E-state index in [1.54, 1.807) is 6.92 Å². The summed E-state index contributed by atoms with van der Waals surface area (Å²) in [4.78, 5) is 15.5. The predicted octanol–water partition coefficient (Wildman–Crippen LogP) is 3.10. The Labute approximate surface area is 110 Å². The van der Waals surface area contributed by atoms with Crippen molar-refractivity contribution in [1.82, 2.24) is 9.55 Å². The lowest BCUT2D eigenvalue weighted by molar-refractivity contribution is -0.117. The first kappa shape index (κ1) is 12.5. The number of carbonyl (C=O) groups is 1. The summed E-state index contributed by atoms with van der Waals surface area (Å²) in [6, 6.07) is 5.59. The summed E-state index contributed by atoms with van der Waals surface area (Å²) in [5.41, 5.74) is 1.85. The molecule has 1 aromatic carbocycles. The molecule has 17 heavy (non-hydrogen) atoms. The molecule has 0 atom stereocenters. The van der Waals surface area contributed by atoms with E-state index in [2.05, 4.69) is 17.6 Å². The molecule has 0 aliphatic heterocycles. The molecule has 0 N–H and O–H groups in total. The summed E-state index contributed by atoms with van der Waals surface area (Å²) in [5, 5.41) is 0.666. The lowest BCUT2D eigenvalue weighted by Crippen LogP contribution is -2.05. The molecule has 0 radical (unpaired) electrons. The summed E-state index contributed by atoms with van der Waals surface area (Å²) >= 11 is 10.2. The molecule has 0 saturated carbocycles. The molecule has 2 rings (SSSR count). The maximum Gasteiger partial charge on any atom is 0.131 e. The van der Waals surface area contributed by atoms with Crippen molar-refractivity contribution in [2.45, 2.75) is 25.6 Å². The standard InChI is InChI=1S/C12H13ClN2OS/c1-8(16)4-5-15-11-3-2-9(13)6-10(11)14-12(15)7-17/h2-3,6,17H,4-5,7H2,1H3. The third kappa shape index (κ3) is 2.64. The number of thiol groups is 1. The zero-order chi connectivity index (χ0) is 12.4. The molecule has 0 saturated heterocycles. The molecule has 0 fully saturated rings. The third-order valence-electron chi connectivity index (χ3n) is 2.62. The molecule has 0 aliphatic carbocycles. The van der Waals surface area contributed by atoms with Crippen LogP contribution in [0.2, 0.25) is 5.02 Å². The second kappa shape index (κ2) is 5.10. The number of hydrogen-bond acceptors (Lipinski definition) is 3. The number of imidazole rings is 1. The van der Waals surface area contributed by atoms with Crippen LogP contribution in [0.4, 0.5) is 0 Å². The highest BCUT2D eigenvalue weighted by Gasteiger charge is 2.10. The van der Waals surface area contributed by atoms with Crippen LogP contribution in [0.3, 0.4) is 0 Å². The SMILES string of the molecule is CC(=O)CCn1c(CS)nc2cc(Cl)ccc21. The molecule has 2 aromatic rings. The maximum absolute atomic E-state index is 11.1. The minimum absolute atomic E-state index is 0.172. The van der Waals surface area contributed by atoms with Gasteiger partial charge in [0.2, 0.25) is 0 Å². The zero-order valence-electron chi connectivity index (χ0n) is 9.48. The largest absolute Gasteiger partial charge is 0.327 e. The van der Waals surface area contributed by atoms with E-state index in [1.165, 1.54) is 0 Å². The summed E-state index contributed by atoms with van der Waals surface area (Å²) in [6.45, 7) is 2.24. The molecular formula is C12H13ClN2OS. The highest BCUT2D eigenvalue weighted by molar-refractivity contribution is 7.79. The lowest BCUT2D eigenvalue weighted by atomic mass is 10.3. The maximum atomic E-state index is 11.1. The van der Waals surface area contributed by atoms with Crippen LogP contribution in [0, 0.1) is 0 Å². The number of aryl methyl sites for hydroxylation is 1. The van der Waals surface area contributed by atoms with Gasteiger partial charge in [0.25, 0.3) is 0 Å². The van der Waals surface area contributed by atoms with Gasteiger partial charge in [-0.15, -0.1) is 0 Å². The number of benzene rings is 1. The lowest BCUT2D eigenvalue weighted by Gasteiger charge is -2.06. The van der Waals surface area contributed by atoms with Crippen molar-refractivity contribution < 1.29 is 4.79 Å². The number of Topliss-reactive ketones (excluding diaryl/α,β-unsaturated/α-hetero) is 1. The molecule has 0 unspecified atom stereocenters. The number of halogens is 1. The summed E-state index contributed by atoms with van der Waals surface area (Å²) < 4.78 is 2.03. The number of carbonyl (C=O) groups excluding carboxylic acids is 1. The number of hydrogen-bond donors (Lipinski definition) is 1. The smallest absolute Gasteiger partial charge is 0.131 e. The van der Waals surface area contributed by atoms with Crippen molar-refractivity contribution in [2.75, 3.05) is 0 Å². The van der Waals surface area contributed by atoms with Crippen molar-refractivity contribution >= 4 is 41.0 Å². The van der Waals surface area contributed by atoms with Crippen molar-refractivity contribution in [2.24, 2.45) is 0 Å². The molecule has 1 aromatic heterocycles. The van der Waals surface area contributed by atoms with E-state index in [4.69, 9.17) is 11.6 Å². The van der Waals surface area contributed by atoms with Gasteiger partial charge in [-0.05, 0) is 25.1 Å². The van der Waals surface area contributed by atoms with E-state index in [0.29, 0.717) is 23.7 Å². The molecule has 3 nitrogen and oxygen atoms in total. The van der Waals surface area contributed by atoms with Crippen molar-refractivity contribution in [3.8, 4) is 0 Å². The van der Waals surface area contributed by atoms with Gasteiger partial charge in [-0.3, -0.25) is 4.79 Å². The van der Waals surface area contributed by atoms with Gasteiger partial charge in [0.05, 0.1) is 11.0 Å². The Balaban J connectivity index is 2.47. The van der Waals surface area contributed by atoms with Crippen LogP contribution in [0.15, 0.2) is 18.2 Å². The van der Waals surface area contributed by atoms with E-state index < -0.39 is 0 Å². The van der Waals surface area contributed by atoms with Crippen LogP contribution < -0.4 is 0 Å². The van der Waals surface area contributed by atoms with E-state index in [9.17, 15) is 4.79 Å². The van der Waals surface area contributed by atoms with Crippen LogP contribution in [-0.2, 0) is 17.1 Å². The average Bonchev–Trinajstić information content (AvgIpc) is 2.63. The molecule has 0 spiro atoms. The van der Waals surface area contributed by atoms with Crippen LogP contribution in [0.25, 0.3) is 11.0 Å². The minimum Gasteiger partial charge on any atom is -0.327 e. The first-order chi connectivity index (χ1) is 8.11. The fourth-order valence-corrected chi connectivity index (χ4v) is 2.20. The van der Waals surface area contributed by atoms with E-state index >= 15 is 0 Å². The van der Waals surface area contributed by atoms with Crippen LogP contribution >= 0.6 is 24.2 Å². The first-order valence-corrected chi connectivity index (χ1v) is 6.38. The average molecular weight is 269 g/mol. The Morgan fingerprint density at radius 2 is 2.29 bits per heavy atom. The molecule has 1 heterocycles. The number of fused-ring (bicyclic) bond motifs is 1. The van der Waals surface area contributed by atoms with Gasteiger partial charge in [-0.25, -0.2) is 4.98 Å². The van der Waals surface area contributed by atoms with Gasteiger partial charge < -0.3 is 4.57 Å². The van der Waals surface area contributed by atoms with Gasteiger partial charge in [0.1, 0.15) is 11.6 Å². The minimum atomic E-state index is 0.172. The molecular weight excluding hydrogens is 256 g/mol. The number of nitrogens with zero attached hydrogens (tertiary/aromatic N) is 2. The second-order valence-corrected chi connectivity index (χ2v) is 4.68. The topological polar surface area (TPSA) is 34.9 Å². The highest BCUT2D eigenvalue weighted by Crippen LogP contribution is 2.21. The number of rotatable bonds is 4. The third-order valence-corrected chi connectivity index (χ3v) is 3.14. The number of aromatic nitrogens is 2. The Morgan fingerprint density at radius 3 is 2.94 bits per heavy atom. The summed E-state index contributed by atoms with van der Waals surface area (Å²) in [5.74, 6) is 1.59. The fraction of sp³-hybridized carbons (Fsp3) is 0.333. The monoisotopic (exact) mass is 268 g/mol. The van der Waals surface area contributed by atoms with E-state index in [-0.39, 0.29) is 5.78 Å². The summed E-state index contributed by atoms with van der Waals surface area (Å²) in [7, 11) is 0. The molecule has 0 aliphatic rings. The normalized spacial score (nSPS) is 11.0. The molecule has 0 bridgehead atoms. The number of ketones is 1. The first-order valence-electron chi connectivity index (χ1n) is 5.37. The van der Waals surface area contributed by atoms with Crippen molar-refractivity contribution in [3.05, 3.63) is 29.0 Å². The Morgan fingerprint density at radius 1 is 1.53 bits per heavy atom. The predicted molar refractivity (Wildman–Crippen MR) is 72.7 cm³/mol. The molecule has 5 heteroatoms. The van der Waals surface area contributed by atoms with Crippen LogP contribution in [0.1, 0.15) is 19.2 Å². The van der Waals surface area contributed by atoms with Crippen LogP contribution in [0.5, 0.6) is 0 Å². The Kier molecular flexibility index (Phi) is 3.74. The highest BCUT2D eigenvalue weighted by atomic mass is 35.5.